The van der Waals surface area contributed by atoms with Gasteiger partial charge in [-0.2, -0.15) is 0 Å². The van der Waals surface area contributed by atoms with Crippen LogP contribution < -0.4 is 0 Å². The normalized spacial score (nSPS) is 21.2. The van der Waals surface area contributed by atoms with Crippen molar-refractivity contribution in [3.05, 3.63) is 41.9 Å². The van der Waals surface area contributed by atoms with Gasteiger partial charge in [-0.3, -0.25) is 14.6 Å². The van der Waals surface area contributed by atoms with Gasteiger partial charge in [0.1, 0.15) is 6.04 Å². The van der Waals surface area contributed by atoms with Crippen LogP contribution in [0.3, 0.4) is 0 Å². The van der Waals surface area contributed by atoms with E-state index in [2.05, 4.69) is 15.2 Å². The molecule has 0 bridgehead atoms. The number of aryl methyl sites for hydroxylation is 1. The van der Waals surface area contributed by atoms with Crippen LogP contribution in [0, 0.1) is 18.3 Å². The lowest BCUT2D eigenvalue weighted by atomic mass is 9.76. The number of piperidine rings is 1. The van der Waals surface area contributed by atoms with E-state index in [9.17, 15) is 9.59 Å². The summed E-state index contributed by atoms with van der Waals surface area (Å²) in [6.07, 6.45) is 5.77. The van der Waals surface area contributed by atoms with Gasteiger partial charge in [-0.25, -0.2) is 0 Å². The number of hydrogen-bond acceptors (Lipinski definition) is 6. The molecule has 8 nitrogen and oxygen atoms in total. The third-order valence-corrected chi connectivity index (χ3v) is 6.13. The highest BCUT2D eigenvalue weighted by molar-refractivity contribution is 5.93. The van der Waals surface area contributed by atoms with Gasteiger partial charge in [0.2, 0.25) is 17.7 Å². The summed E-state index contributed by atoms with van der Waals surface area (Å²) in [5.74, 6) is 1.06. The standard InChI is InChI=1S/C21H27N5O3/c1-14(2)19(27)26-13-21(11-17(26)18-24-23-15(3)29-18)6-9-25(10-7-21)20(28)16-5-4-8-22-12-16/h4-5,8,12,14,17H,6-7,9-11,13H2,1-3H3. The molecule has 154 valence electrons. The SMILES string of the molecule is Cc1nnc(C2CC3(CCN(C(=O)c4cccnc4)CC3)CN2C(=O)C(C)C)o1. The Bertz CT molecular complexity index is 887. The zero-order valence-electron chi connectivity index (χ0n) is 17.2. The van der Waals surface area contributed by atoms with E-state index in [0.717, 1.165) is 19.3 Å². The molecule has 1 unspecified atom stereocenters. The van der Waals surface area contributed by atoms with Gasteiger partial charge < -0.3 is 14.2 Å². The monoisotopic (exact) mass is 397 g/mol. The lowest BCUT2D eigenvalue weighted by molar-refractivity contribution is -0.136. The van der Waals surface area contributed by atoms with E-state index in [1.807, 2.05) is 23.6 Å². The molecule has 0 N–H and O–H groups in total. The molecule has 8 heteroatoms. The number of hydrogen-bond donors (Lipinski definition) is 0. The van der Waals surface area contributed by atoms with Crippen LogP contribution in [0.5, 0.6) is 0 Å². The molecular formula is C21H27N5O3. The van der Waals surface area contributed by atoms with E-state index in [1.165, 1.54) is 0 Å². The summed E-state index contributed by atoms with van der Waals surface area (Å²) in [6.45, 7) is 7.61. The van der Waals surface area contributed by atoms with Crippen molar-refractivity contribution in [1.82, 2.24) is 25.0 Å². The Morgan fingerprint density at radius 3 is 2.59 bits per heavy atom. The maximum atomic E-state index is 12.9. The summed E-state index contributed by atoms with van der Waals surface area (Å²) in [5.41, 5.74) is 0.592. The second kappa shape index (κ2) is 7.57. The molecule has 2 aromatic rings. The van der Waals surface area contributed by atoms with Crippen molar-refractivity contribution in [2.24, 2.45) is 11.3 Å². The number of amides is 2. The summed E-state index contributed by atoms with van der Waals surface area (Å²) >= 11 is 0. The number of aromatic nitrogens is 3. The Hall–Kier alpha value is -2.77. The van der Waals surface area contributed by atoms with Crippen LogP contribution in [0.25, 0.3) is 0 Å². The number of likely N-dealkylation sites (tertiary alicyclic amines) is 2. The van der Waals surface area contributed by atoms with E-state index in [-0.39, 0.29) is 29.2 Å². The van der Waals surface area contributed by atoms with E-state index in [4.69, 9.17) is 4.42 Å². The van der Waals surface area contributed by atoms with E-state index in [1.54, 1.807) is 31.5 Å². The molecular weight excluding hydrogens is 370 g/mol. The highest BCUT2D eigenvalue weighted by atomic mass is 16.4. The van der Waals surface area contributed by atoms with Gasteiger partial charge >= 0.3 is 0 Å². The third kappa shape index (κ3) is 3.75. The van der Waals surface area contributed by atoms with Crippen LogP contribution in [-0.4, -0.2) is 56.4 Å². The molecule has 2 amide bonds. The Labute approximate surface area is 170 Å². The van der Waals surface area contributed by atoms with Gasteiger partial charge in [-0.1, -0.05) is 13.8 Å². The van der Waals surface area contributed by atoms with Crippen molar-refractivity contribution in [3.8, 4) is 0 Å². The minimum atomic E-state index is -0.188. The number of nitrogens with zero attached hydrogens (tertiary/aromatic N) is 5. The Morgan fingerprint density at radius 1 is 1.24 bits per heavy atom. The van der Waals surface area contributed by atoms with Crippen molar-refractivity contribution >= 4 is 11.8 Å². The minimum absolute atomic E-state index is 0.0186. The highest BCUT2D eigenvalue weighted by Gasteiger charge is 2.50. The predicted octanol–water partition coefficient (Wildman–Crippen LogP) is 2.63. The first kappa shape index (κ1) is 19.5. The van der Waals surface area contributed by atoms with Crippen molar-refractivity contribution < 1.29 is 14.0 Å². The summed E-state index contributed by atoms with van der Waals surface area (Å²) in [5, 5.41) is 8.16. The topological polar surface area (TPSA) is 92.4 Å². The smallest absolute Gasteiger partial charge is 0.255 e. The Balaban J connectivity index is 1.50. The van der Waals surface area contributed by atoms with Crippen molar-refractivity contribution in [2.75, 3.05) is 19.6 Å². The molecule has 0 aromatic carbocycles. The summed E-state index contributed by atoms with van der Waals surface area (Å²) in [7, 11) is 0. The second-order valence-corrected chi connectivity index (χ2v) is 8.53. The largest absolute Gasteiger partial charge is 0.423 e. The van der Waals surface area contributed by atoms with Gasteiger partial charge in [0.05, 0.1) is 5.56 Å². The van der Waals surface area contributed by atoms with Gasteiger partial charge in [0.15, 0.2) is 0 Å². The highest BCUT2D eigenvalue weighted by Crippen LogP contribution is 2.49. The Morgan fingerprint density at radius 2 is 2.00 bits per heavy atom. The van der Waals surface area contributed by atoms with E-state index < -0.39 is 0 Å². The molecule has 2 aromatic heterocycles. The first-order valence-corrected chi connectivity index (χ1v) is 10.2. The Kier molecular flexibility index (Phi) is 5.10. The number of pyridine rings is 1. The van der Waals surface area contributed by atoms with Gasteiger partial charge in [-0.05, 0) is 36.8 Å². The van der Waals surface area contributed by atoms with Crippen LogP contribution in [0.2, 0.25) is 0 Å². The average molecular weight is 397 g/mol. The average Bonchev–Trinajstić information content (AvgIpc) is 3.32. The molecule has 2 aliphatic rings. The van der Waals surface area contributed by atoms with Crippen LogP contribution >= 0.6 is 0 Å². The molecule has 2 saturated heterocycles. The van der Waals surface area contributed by atoms with Crippen LogP contribution in [0.15, 0.2) is 28.9 Å². The third-order valence-electron chi connectivity index (χ3n) is 6.13. The molecule has 1 spiro atoms. The molecule has 29 heavy (non-hydrogen) atoms. The molecule has 1 atom stereocenters. The fourth-order valence-electron chi connectivity index (χ4n) is 4.50. The maximum absolute atomic E-state index is 12.9. The molecule has 0 radical (unpaired) electrons. The number of carbonyl (C=O) groups is 2. The van der Waals surface area contributed by atoms with Crippen LogP contribution in [0.4, 0.5) is 0 Å². The lowest BCUT2D eigenvalue weighted by Gasteiger charge is -2.39. The fraction of sp³-hybridized carbons (Fsp3) is 0.571. The second-order valence-electron chi connectivity index (χ2n) is 8.53. The van der Waals surface area contributed by atoms with Crippen molar-refractivity contribution in [1.29, 1.82) is 0 Å². The van der Waals surface area contributed by atoms with Crippen molar-refractivity contribution in [3.63, 3.8) is 0 Å². The summed E-state index contributed by atoms with van der Waals surface area (Å²) in [6, 6.07) is 3.39. The van der Waals surface area contributed by atoms with Crippen molar-refractivity contribution in [2.45, 2.75) is 46.1 Å². The molecule has 0 aliphatic carbocycles. The summed E-state index contributed by atoms with van der Waals surface area (Å²) in [4.78, 5) is 33.5. The number of rotatable bonds is 3. The molecule has 4 rings (SSSR count). The molecule has 2 fully saturated rings. The molecule has 2 aliphatic heterocycles. The maximum Gasteiger partial charge on any atom is 0.255 e. The zero-order chi connectivity index (χ0) is 20.6. The first-order chi connectivity index (χ1) is 13.9. The number of carbonyl (C=O) groups excluding carboxylic acids is 2. The van der Waals surface area contributed by atoms with Gasteiger partial charge in [0, 0.05) is 44.9 Å². The summed E-state index contributed by atoms with van der Waals surface area (Å²) < 4.78 is 5.69. The fourth-order valence-corrected chi connectivity index (χ4v) is 4.50. The molecule has 0 saturated carbocycles. The lowest BCUT2D eigenvalue weighted by Crippen LogP contribution is -2.45. The first-order valence-electron chi connectivity index (χ1n) is 10.2. The zero-order valence-corrected chi connectivity index (χ0v) is 17.2. The van der Waals surface area contributed by atoms with E-state index >= 15 is 0 Å². The van der Waals surface area contributed by atoms with Crippen LogP contribution in [0.1, 0.15) is 61.3 Å². The van der Waals surface area contributed by atoms with Crippen LogP contribution in [-0.2, 0) is 4.79 Å². The predicted molar refractivity (Wildman–Crippen MR) is 105 cm³/mol. The van der Waals surface area contributed by atoms with Gasteiger partial charge in [0.25, 0.3) is 5.91 Å². The van der Waals surface area contributed by atoms with Gasteiger partial charge in [-0.15, -0.1) is 10.2 Å². The molecule has 4 heterocycles. The van der Waals surface area contributed by atoms with E-state index in [0.29, 0.717) is 37.0 Å². The minimum Gasteiger partial charge on any atom is -0.423 e. The quantitative estimate of drug-likeness (QED) is 0.790.